The van der Waals surface area contributed by atoms with Gasteiger partial charge in [0.1, 0.15) is 41.5 Å². The monoisotopic (exact) mass is 786 g/mol. The van der Waals surface area contributed by atoms with E-state index in [-0.39, 0.29) is 18.8 Å². The maximum absolute atomic E-state index is 9.85. The summed E-state index contributed by atoms with van der Waals surface area (Å²) in [6.45, 7) is 2.93. The third-order valence-electron chi connectivity index (χ3n) is 11.7. The van der Waals surface area contributed by atoms with Crippen molar-refractivity contribution >= 4 is 17.4 Å². The van der Waals surface area contributed by atoms with Crippen LogP contribution in [0.1, 0.15) is 66.9 Å². The molecule has 0 bridgehead atoms. The van der Waals surface area contributed by atoms with Crippen molar-refractivity contribution in [2.75, 3.05) is 26.4 Å². The molecular formula is C48H48N7O4+. The normalized spacial score (nSPS) is 21.2. The van der Waals surface area contributed by atoms with Gasteiger partial charge in [0, 0.05) is 41.5 Å². The SMILES string of the molecule is OCN1CCCC1C1=[N+]=C(C2=CCC=C3c4ccc(-c5cnc(C6CCCN6)[nH]5)cc4OC(c4cc(OCc5ccccc5)cc(Oc5ccccc5)c4)N3CC=C2)N1. The van der Waals surface area contributed by atoms with Gasteiger partial charge < -0.3 is 34.5 Å². The van der Waals surface area contributed by atoms with E-state index < -0.39 is 6.23 Å². The Morgan fingerprint density at radius 3 is 2.58 bits per heavy atom. The largest absolute Gasteiger partial charge is 0.489 e. The number of H-pyrrole nitrogens is 1. The molecule has 0 amide bonds. The average molecular weight is 787 g/mol. The highest BCUT2D eigenvalue weighted by atomic mass is 16.5. The number of hydrogen-bond donors (Lipinski definition) is 4. The molecule has 4 aromatic carbocycles. The number of allylic oxidation sites excluding steroid dienone is 2. The number of benzene rings is 4. The fourth-order valence-corrected chi connectivity index (χ4v) is 8.63. The van der Waals surface area contributed by atoms with Gasteiger partial charge in [0.2, 0.25) is 0 Å². The van der Waals surface area contributed by atoms with Crippen molar-refractivity contribution in [2.45, 2.75) is 57.0 Å². The smallest absolute Gasteiger partial charge is 0.324 e. The minimum absolute atomic E-state index is 0.0434. The lowest BCUT2D eigenvalue weighted by molar-refractivity contribution is 0.0647. The van der Waals surface area contributed by atoms with Crippen molar-refractivity contribution in [3.63, 3.8) is 0 Å². The minimum atomic E-state index is -0.514. The summed E-state index contributed by atoms with van der Waals surface area (Å²) in [6, 6.07) is 32.9. The number of aliphatic hydroxyl groups is 1. The van der Waals surface area contributed by atoms with Gasteiger partial charge in [-0.1, -0.05) is 72.8 Å². The maximum Gasteiger partial charge on any atom is 0.324 e. The number of nitrogens with zero attached hydrogens (tertiary/aromatic N) is 4. The summed E-state index contributed by atoms with van der Waals surface area (Å²) in [5.41, 5.74) is 7.07. The first-order valence-corrected chi connectivity index (χ1v) is 20.7. The van der Waals surface area contributed by atoms with Crippen molar-refractivity contribution in [1.29, 1.82) is 0 Å². The molecule has 0 saturated carbocycles. The average Bonchev–Trinajstić information content (AvgIpc) is 4.07. The van der Waals surface area contributed by atoms with E-state index in [1.165, 1.54) is 0 Å². The number of para-hydroxylation sites is 1. The predicted octanol–water partition coefficient (Wildman–Crippen LogP) is 7.37. The van der Waals surface area contributed by atoms with Crippen LogP contribution in [0.15, 0.2) is 133 Å². The second kappa shape index (κ2) is 16.5. The third-order valence-corrected chi connectivity index (χ3v) is 11.7. The van der Waals surface area contributed by atoms with Crippen LogP contribution in [0.3, 0.4) is 0 Å². The van der Waals surface area contributed by atoms with Gasteiger partial charge in [0.25, 0.3) is 0 Å². The molecule has 0 aliphatic carbocycles. The third kappa shape index (κ3) is 7.81. The molecule has 4 N–H and O–H groups in total. The van der Waals surface area contributed by atoms with E-state index in [1.54, 1.807) is 0 Å². The number of imidazole rings is 1. The van der Waals surface area contributed by atoms with Gasteiger partial charge in [0.05, 0.1) is 30.2 Å². The van der Waals surface area contributed by atoms with Crippen molar-refractivity contribution in [3.8, 4) is 34.3 Å². The summed E-state index contributed by atoms with van der Waals surface area (Å²) in [4.78, 5) is 12.7. The van der Waals surface area contributed by atoms with E-state index >= 15 is 0 Å². The van der Waals surface area contributed by atoms with Gasteiger partial charge in [-0.25, -0.2) is 15.0 Å². The standard InChI is InChI=1S/C48H47N7O4/c56-31-54-23-10-19-43(54)47-52-45(53-47)33-13-7-18-42-39-21-20-34(41-29-50-46(51-41)40-17-8-22-49-40)27-44(39)59-48(55(42)24-9-14-33)35-25-37(57-30-32-11-3-1-4-12-32)28-38(26-35)58-36-15-5-2-6-16-36/h1-6,9,11-16,18,20-21,25-29,40,43,48-49,56H,7-8,10,17,19,22-24,30-31H2,(H,50,51)/p+1. The first-order valence-electron chi connectivity index (χ1n) is 20.7. The van der Waals surface area contributed by atoms with Crippen LogP contribution in [0.25, 0.3) is 17.0 Å². The Morgan fingerprint density at radius 2 is 1.75 bits per heavy atom. The molecule has 59 heavy (non-hydrogen) atoms. The van der Waals surface area contributed by atoms with Crippen LogP contribution in [-0.4, -0.2) is 69.0 Å². The Morgan fingerprint density at radius 1 is 0.898 bits per heavy atom. The van der Waals surface area contributed by atoms with Crippen LogP contribution in [0.4, 0.5) is 0 Å². The lowest BCUT2D eigenvalue weighted by atomic mass is 10.00. The molecule has 6 heterocycles. The number of ether oxygens (including phenoxy) is 3. The van der Waals surface area contributed by atoms with Crippen molar-refractivity contribution < 1.29 is 19.3 Å². The highest BCUT2D eigenvalue weighted by Crippen LogP contribution is 2.45. The Kier molecular flexibility index (Phi) is 10.3. The van der Waals surface area contributed by atoms with Gasteiger partial charge in [-0.3, -0.25) is 4.90 Å². The molecule has 5 aliphatic rings. The van der Waals surface area contributed by atoms with Crippen LogP contribution in [0.5, 0.6) is 23.0 Å². The van der Waals surface area contributed by atoms with Gasteiger partial charge in [0.15, 0.2) is 6.23 Å². The molecule has 11 nitrogen and oxygen atoms in total. The van der Waals surface area contributed by atoms with E-state index in [0.29, 0.717) is 31.1 Å². The summed E-state index contributed by atoms with van der Waals surface area (Å²) in [5.74, 6) is 5.62. The summed E-state index contributed by atoms with van der Waals surface area (Å²) in [5, 5.41) is 16.9. The molecule has 3 atom stereocenters. The lowest BCUT2D eigenvalue weighted by Crippen LogP contribution is -2.54. The molecule has 11 heteroatoms. The highest BCUT2D eigenvalue weighted by Gasteiger charge is 2.39. The number of fused-ring (bicyclic) bond motifs is 3. The number of rotatable bonds is 11. The molecule has 5 aromatic rings. The van der Waals surface area contributed by atoms with E-state index in [1.807, 2.05) is 60.8 Å². The zero-order chi connectivity index (χ0) is 39.5. The summed E-state index contributed by atoms with van der Waals surface area (Å²) < 4.78 is 25.0. The number of aliphatic hydroxyl groups excluding tert-OH is 1. The number of hydrogen-bond acceptors (Lipinski definition) is 9. The predicted molar refractivity (Wildman–Crippen MR) is 230 cm³/mol. The second-order valence-corrected chi connectivity index (χ2v) is 15.6. The lowest BCUT2D eigenvalue weighted by Gasteiger charge is -2.40. The molecule has 2 saturated heterocycles. The molecule has 298 valence electrons. The molecule has 0 radical (unpaired) electrons. The first-order chi connectivity index (χ1) is 29.1. The van der Waals surface area contributed by atoms with Crippen LogP contribution >= 0.6 is 0 Å². The Bertz CT molecular complexity index is 2480. The van der Waals surface area contributed by atoms with E-state index in [9.17, 15) is 5.11 Å². The Balaban J connectivity index is 1.02. The van der Waals surface area contributed by atoms with Crippen LogP contribution in [0.2, 0.25) is 0 Å². The highest BCUT2D eigenvalue weighted by molar-refractivity contribution is 6.18. The zero-order valence-electron chi connectivity index (χ0n) is 32.9. The number of aromatic nitrogens is 2. The number of amidine groups is 2. The summed E-state index contributed by atoms with van der Waals surface area (Å²) in [7, 11) is 0. The molecular weight excluding hydrogens is 739 g/mol. The second-order valence-electron chi connectivity index (χ2n) is 15.6. The van der Waals surface area contributed by atoms with Gasteiger partial charge in [-0.15, -0.1) is 0 Å². The molecule has 10 rings (SSSR count). The molecule has 1 aromatic heterocycles. The van der Waals surface area contributed by atoms with Crippen molar-refractivity contribution in [3.05, 3.63) is 156 Å². The molecule has 3 unspecified atom stereocenters. The molecule has 5 aliphatic heterocycles. The molecule has 0 spiro atoms. The maximum atomic E-state index is 9.85. The van der Waals surface area contributed by atoms with Crippen molar-refractivity contribution in [1.82, 2.24) is 35.1 Å². The Hall–Kier alpha value is -6.36. The van der Waals surface area contributed by atoms with Gasteiger partial charge in [-0.05, 0) is 86.7 Å². The van der Waals surface area contributed by atoms with Crippen LogP contribution < -0.4 is 29.5 Å². The van der Waals surface area contributed by atoms with Crippen molar-refractivity contribution in [2.24, 2.45) is 0 Å². The van der Waals surface area contributed by atoms with E-state index in [4.69, 9.17) is 23.9 Å². The fourth-order valence-electron chi connectivity index (χ4n) is 8.63. The summed E-state index contributed by atoms with van der Waals surface area (Å²) >= 11 is 0. The molecule has 2 fully saturated rings. The van der Waals surface area contributed by atoms with Crippen LogP contribution in [0, 0.1) is 0 Å². The van der Waals surface area contributed by atoms with E-state index in [2.05, 4.69) is 92.2 Å². The number of likely N-dealkylation sites (tertiary alicyclic amines) is 1. The minimum Gasteiger partial charge on any atom is -0.489 e. The van der Waals surface area contributed by atoms with Crippen LogP contribution in [-0.2, 0) is 6.61 Å². The number of nitrogens with one attached hydrogen (secondary N) is 3. The quantitative estimate of drug-likeness (QED) is 0.102. The van der Waals surface area contributed by atoms with E-state index in [0.717, 1.165) is 107 Å². The fraction of sp³-hybridized carbons (Fsp3) is 0.271. The summed E-state index contributed by atoms with van der Waals surface area (Å²) in [6.07, 6.45) is 15.2. The van der Waals surface area contributed by atoms with Gasteiger partial charge in [-0.2, -0.15) is 0 Å². The topological polar surface area (TPSA) is 121 Å². The first kappa shape index (κ1) is 36.9. The Labute approximate surface area is 344 Å². The zero-order valence-corrected chi connectivity index (χ0v) is 32.9. The van der Waals surface area contributed by atoms with Gasteiger partial charge >= 0.3 is 11.7 Å². The number of aromatic amines is 1.